The molecule has 6 heteroatoms. The zero-order valence-corrected chi connectivity index (χ0v) is 10.3. The van der Waals surface area contributed by atoms with Crippen molar-refractivity contribution < 1.29 is 14.3 Å². The van der Waals surface area contributed by atoms with Crippen LogP contribution in [0.5, 0.6) is 0 Å². The molecule has 0 fully saturated rings. The maximum atomic E-state index is 11.4. The summed E-state index contributed by atoms with van der Waals surface area (Å²) < 4.78 is 4.63. The van der Waals surface area contributed by atoms with Gasteiger partial charge in [0.05, 0.1) is 18.6 Å². The lowest BCUT2D eigenvalue weighted by Crippen LogP contribution is -2.26. The zero-order valence-electron chi connectivity index (χ0n) is 9.52. The van der Waals surface area contributed by atoms with E-state index in [2.05, 4.69) is 10.1 Å². The normalized spacial score (nSPS) is 13.6. The topological polar surface area (TPSA) is 58.6 Å². The third-order valence-electron chi connectivity index (χ3n) is 2.43. The van der Waals surface area contributed by atoms with Crippen molar-refractivity contribution in [1.82, 2.24) is 0 Å². The van der Waals surface area contributed by atoms with Crippen molar-refractivity contribution in [2.75, 3.05) is 30.1 Å². The predicted octanol–water partition coefficient (Wildman–Crippen LogP) is 1.93. The molecule has 90 valence electrons. The summed E-state index contributed by atoms with van der Waals surface area (Å²) in [5.41, 5.74) is 1.41. The van der Waals surface area contributed by atoms with Gasteiger partial charge in [-0.3, -0.25) is 9.69 Å². The van der Waals surface area contributed by atoms with E-state index in [4.69, 9.17) is 0 Å². The van der Waals surface area contributed by atoms with E-state index in [0.29, 0.717) is 11.4 Å². The maximum absolute atomic E-state index is 11.4. The molecular weight excluding hydrogens is 240 g/mol. The minimum Gasteiger partial charge on any atom is -0.452 e. The van der Waals surface area contributed by atoms with Crippen LogP contribution in [0.15, 0.2) is 23.1 Å². The Morgan fingerprint density at radius 3 is 3.00 bits per heavy atom. The molecule has 0 bridgehead atoms. The van der Waals surface area contributed by atoms with Gasteiger partial charge >= 0.3 is 6.09 Å². The van der Waals surface area contributed by atoms with E-state index in [-0.39, 0.29) is 5.91 Å². The Labute approximate surface area is 103 Å². The van der Waals surface area contributed by atoms with Gasteiger partial charge < -0.3 is 10.1 Å². The molecule has 0 unspecified atom stereocenters. The van der Waals surface area contributed by atoms with Crippen molar-refractivity contribution in [3.05, 3.63) is 18.2 Å². The van der Waals surface area contributed by atoms with Gasteiger partial charge in [-0.1, -0.05) is 0 Å². The number of hydrogen-bond acceptors (Lipinski definition) is 4. The Kier molecular flexibility index (Phi) is 3.23. The summed E-state index contributed by atoms with van der Waals surface area (Å²) in [6.45, 7) is 0. The van der Waals surface area contributed by atoms with Gasteiger partial charge in [0.2, 0.25) is 5.91 Å². The van der Waals surface area contributed by atoms with Gasteiger partial charge in [0, 0.05) is 17.6 Å². The van der Waals surface area contributed by atoms with Crippen LogP contribution < -0.4 is 10.2 Å². The molecule has 1 aromatic carbocycles. The highest BCUT2D eigenvalue weighted by Gasteiger charge is 2.18. The summed E-state index contributed by atoms with van der Waals surface area (Å²) in [5, 5.41) is 2.77. The van der Waals surface area contributed by atoms with Crippen LogP contribution >= 0.6 is 11.8 Å². The quantitative estimate of drug-likeness (QED) is 0.829. The van der Waals surface area contributed by atoms with Crippen LogP contribution in [0.4, 0.5) is 16.2 Å². The van der Waals surface area contributed by atoms with Gasteiger partial charge in [-0.05, 0) is 18.2 Å². The van der Waals surface area contributed by atoms with Gasteiger partial charge in [-0.2, -0.15) is 0 Å². The number of thioether (sulfide) groups is 1. The molecule has 0 saturated heterocycles. The largest absolute Gasteiger partial charge is 0.452 e. The average Bonchev–Trinajstić information content (AvgIpc) is 2.36. The van der Waals surface area contributed by atoms with E-state index in [1.807, 2.05) is 12.1 Å². The van der Waals surface area contributed by atoms with E-state index in [9.17, 15) is 9.59 Å². The summed E-state index contributed by atoms with van der Waals surface area (Å²) in [6, 6.07) is 5.46. The third-order valence-corrected chi connectivity index (χ3v) is 3.51. The number of nitrogens with one attached hydrogen (secondary N) is 1. The molecule has 17 heavy (non-hydrogen) atoms. The summed E-state index contributed by atoms with van der Waals surface area (Å²) in [5.74, 6) is 0.402. The number of carbonyl (C=O) groups excluding carboxylic acids is 2. The Balaban J connectivity index is 2.29. The fourth-order valence-electron chi connectivity index (χ4n) is 1.52. The lowest BCUT2D eigenvalue weighted by Gasteiger charge is -2.20. The molecule has 0 radical (unpaired) electrons. The standard InChI is InChI=1S/C11H12N2O3S/c1-13(11(15)16-2)7-3-4-9-8(5-7)12-10(14)6-17-9/h3-5H,6H2,1-2H3,(H,12,14). The first-order valence-corrected chi connectivity index (χ1v) is 5.99. The summed E-state index contributed by atoms with van der Waals surface area (Å²) in [6.07, 6.45) is -0.445. The monoisotopic (exact) mass is 252 g/mol. The molecule has 0 spiro atoms. The number of amides is 2. The highest BCUT2D eigenvalue weighted by atomic mass is 32.2. The SMILES string of the molecule is COC(=O)N(C)c1ccc2c(c1)NC(=O)CS2. The molecule has 1 heterocycles. The van der Waals surface area contributed by atoms with Crippen LogP contribution in [0.25, 0.3) is 0 Å². The van der Waals surface area contributed by atoms with Crippen molar-refractivity contribution in [1.29, 1.82) is 0 Å². The van der Waals surface area contributed by atoms with Crippen molar-refractivity contribution in [3.8, 4) is 0 Å². The highest BCUT2D eigenvalue weighted by Crippen LogP contribution is 2.34. The molecule has 5 nitrogen and oxygen atoms in total. The lowest BCUT2D eigenvalue weighted by molar-refractivity contribution is -0.113. The maximum Gasteiger partial charge on any atom is 0.413 e. The van der Waals surface area contributed by atoms with Crippen molar-refractivity contribution in [2.45, 2.75) is 4.90 Å². The van der Waals surface area contributed by atoms with E-state index in [1.54, 1.807) is 13.1 Å². The molecule has 1 aliphatic heterocycles. The smallest absolute Gasteiger partial charge is 0.413 e. The minimum absolute atomic E-state index is 0.0274. The lowest BCUT2D eigenvalue weighted by atomic mass is 10.2. The molecule has 0 atom stereocenters. The number of methoxy groups -OCH3 is 1. The molecule has 2 rings (SSSR count). The summed E-state index contributed by atoms with van der Waals surface area (Å²) in [7, 11) is 2.94. The zero-order chi connectivity index (χ0) is 12.4. The van der Waals surface area contributed by atoms with Gasteiger partial charge in [0.1, 0.15) is 0 Å². The van der Waals surface area contributed by atoms with Gasteiger partial charge in [0.15, 0.2) is 0 Å². The fourth-order valence-corrected chi connectivity index (χ4v) is 2.31. The van der Waals surface area contributed by atoms with Crippen LogP contribution in [0, 0.1) is 0 Å². The van der Waals surface area contributed by atoms with Crippen molar-refractivity contribution in [3.63, 3.8) is 0 Å². The van der Waals surface area contributed by atoms with Crippen LogP contribution in [-0.4, -0.2) is 31.9 Å². The Morgan fingerprint density at radius 2 is 2.29 bits per heavy atom. The summed E-state index contributed by atoms with van der Waals surface area (Å²) in [4.78, 5) is 25.0. The molecule has 1 aliphatic rings. The molecule has 1 N–H and O–H groups in total. The number of rotatable bonds is 1. The molecule has 1 aromatic rings. The molecular formula is C11H12N2O3S. The van der Waals surface area contributed by atoms with Crippen LogP contribution in [0.1, 0.15) is 0 Å². The number of anilines is 2. The first-order chi connectivity index (χ1) is 8.11. The Bertz CT molecular complexity index is 476. The van der Waals surface area contributed by atoms with Crippen LogP contribution in [0.3, 0.4) is 0 Å². The number of fused-ring (bicyclic) bond motifs is 1. The van der Waals surface area contributed by atoms with Crippen LogP contribution in [-0.2, 0) is 9.53 Å². The van der Waals surface area contributed by atoms with E-state index < -0.39 is 6.09 Å². The number of nitrogens with zero attached hydrogens (tertiary/aromatic N) is 1. The second-order valence-electron chi connectivity index (χ2n) is 3.55. The first-order valence-electron chi connectivity index (χ1n) is 5.00. The second-order valence-corrected chi connectivity index (χ2v) is 4.56. The minimum atomic E-state index is -0.445. The van der Waals surface area contributed by atoms with Gasteiger partial charge in [0.25, 0.3) is 0 Å². The van der Waals surface area contributed by atoms with Gasteiger partial charge in [-0.15, -0.1) is 11.8 Å². The number of ether oxygens (including phenoxy) is 1. The fraction of sp³-hybridized carbons (Fsp3) is 0.273. The average molecular weight is 252 g/mol. The molecule has 2 amide bonds. The van der Waals surface area contributed by atoms with E-state index in [0.717, 1.165) is 10.6 Å². The Hall–Kier alpha value is -1.69. The molecule has 0 aromatic heterocycles. The van der Waals surface area contributed by atoms with Gasteiger partial charge in [-0.25, -0.2) is 4.79 Å². The third kappa shape index (κ3) is 2.36. The second kappa shape index (κ2) is 4.67. The Morgan fingerprint density at radius 1 is 1.53 bits per heavy atom. The molecule has 0 aliphatic carbocycles. The number of carbonyl (C=O) groups is 2. The van der Waals surface area contributed by atoms with Crippen LogP contribution in [0.2, 0.25) is 0 Å². The highest BCUT2D eigenvalue weighted by molar-refractivity contribution is 8.00. The molecule has 0 saturated carbocycles. The van der Waals surface area contributed by atoms with Crippen molar-refractivity contribution in [2.24, 2.45) is 0 Å². The predicted molar refractivity (Wildman–Crippen MR) is 66.6 cm³/mol. The number of hydrogen-bond donors (Lipinski definition) is 1. The van der Waals surface area contributed by atoms with Crippen molar-refractivity contribution >= 4 is 35.1 Å². The van der Waals surface area contributed by atoms with E-state index >= 15 is 0 Å². The summed E-state index contributed by atoms with van der Waals surface area (Å²) >= 11 is 1.48. The number of benzene rings is 1. The van der Waals surface area contributed by atoms with E-state index in [1.165, 1.54) is 23.8 Å². The first kappa shape index (κ1) is 11.8.